The van der Waals surface area contributed by atoms with Crippen LogP contribution in [0.4, 0.5) is 18.9 Å². The molecule has 2 aromatic rings. The molecule has 0 radical (unpaired) electrons. The van der Waals surface area contributed by atoms with Crippen molar-refractivity contribution in [3.8, 4) is 0 Å². The van der Waals surface area contributed by atoms with Crippen LogP contribution >= 0.6 is 15.9 Å². The van der Waals surface area contributed by atoms with Gasteiger partial charge in [0, 0.05) is 16.9 Å². The van der Waals surface area contributed by atoms with E-state index in [0.717, 1.165) is 6.07 Å². The summed E-state index contributed by atoms with van der Waals surface area (Å²) in [5.41, 5.74) is -1.10. The van der Waals surface area contributed by atoms with Gasteiger partial charge in [0.05, 0.1) is 16.1 Å². The smallest absolute Gasteiger partial charge is 0.300 e. The molecule has 2 rings (SSSR count). The first-order valence-corrected chi connectivity index (χ1v) is 7.27. The minimum atomic E-state index is -4.51. The number of benzene rings is 1. The highest BCUT2D eigenvalue weighted by Gasteiger charge is 2.33. The first-order chi connectivity index (χ1) is 9.38. The summed E-state index contributed by atoms with van der Waals surface area (Å²) in [7, 11) is -1.83. The molecule has 8 heteroatoms. The highest BCUT2D eigenvalue weighted by atomic mass is 79.9. The second kappa shape index (κ2) is 5.92. The molecule has 0 spiro atoms. The fourth-order valence-electron chi connectivity index (χ4n) is 1.47. The van der Waals surface area contributed by atoms with Crippen molar-refractivity contribution in [1.82, 2.24) is 4.98 Å². The number of nitrogens with zero attached hydrogens (tertiary/aromatic N) is 1. The third-order valence-electron chi connectivity index (χ3n) is 2.33. The third kappa shape index (κ3) is 3.57. The molecule has 1 aromatic carbocycles. The van der Waals surface area contributed by atoms with E-state index in [0.29, 0.717) is 4.47 Å². The van der Waals surface area contributed by atoms with Crippen molar-refractivity contribution in [3.05, 3.63) is 52.8 Å². The molecule has 0 bridgehead atoms. The van der Waals surface area contributed by atoms with Crippen LogP contribution in [0.5, 0.6) is 0 Å². The maximum Gasteiger partial charge on any atom is 0.418 e. The second-order valence-electron chi connectivity index (χ2n) is 3.75. The fourth-order valence-corrected chi connectivity index (χ4v) is 2.87. The average molecular weight is 365 g/mol. The van der Waals surface area contributed by atoms with Crippen LogP contribution in [0.3, 0.4) is 0 Å². The number of hydrogen-bond acceptors (Lipinski definition) is 2. The predicted molar refractivity (Wildman–Crippen MR) is 73.4 cm³/mol. The normalized spacial score (nSPS) is 13.0. The Morgan fingerprint density at radius 2 is 1.90 bits per heavy atom. The van der Waals surface area contributed by atoms with E-state index in [1.807, 2.05) is 0 Å². The topological polar surface area (TPSA) is 42.0 Å². The summed E-state index contributed by atoms with van der Waals surface area (Å²) in [5, 5.41) is 0. The zero-order valence-electron chi connectivity index (χ0n) is 9.82. The Morgan fingerprint density at radius 1 is 1.20 bits per heavy atom. The fraction of sp³-hybridized carbons (Fsp3) is 0.0833. The van der Waals surface area contributed by atoms with Crippen molar-refractivity contribution >= 4 is 32.6 Å². The van der Waals surface area contributed by atoms with Gasteiger partial charge in [0.2, 0.25) is 0 Å². The Kier molecular flexibility index (Phi) is 4.44. The van der Waals surface area contributed by atoms with E-state index in [-0.39, 0.29) is 10.6 Å². The number of hydrogen-bond donors (Lipinski definition) is 1. The molecular formula is C12H8BrF3N2OS. The first kappa shape index (κ1) is 15.0. The number of anilines is 1. The molecule has 0 aliphatic rings. The number of pyridine rings is 1. The summed E-state index contributed by atoms with van der Waals surface area (Å²) < 4.78 is 53.4. The van der Waals surface area contributed by atoms with Gasteiger partial charge in [-0.25, -0.2) is 4.21 Å². The zero-order chi connectivity index (χ0) is 14.8. The van der Waals surface area contributed by atoms with Crippen LogP contribution < -0.4 is 4.72 Å². The minimum absolute atomic E-state index is 0.238. The Morgan fingerprint density at radius 3 is 2.55 bits per heavy atom. The molecule has 0 saturated heterocycles. The number of para-hydroxylation sites is 1. The lowest BCUT2D eigenvalue weighted by Crippen LogP contribution is -2.12. The lowest BCUT2D eigenvalue weighted by molar-refractivity contribution is -0.136. The Hall–Kier alpha value is -1.41. The monoisotopic (exact) mass is 364 g/mol. The molecule has 0 fully saturated rings. The molecule has 1 heterocycles. The SMILES string of the molecule is O=S(Nc1ccccc1C(F)(F)F)c1cncc(Br)c1. The lowest BCUT2D eigenvalue weighted by Gasteiger charge is -2.13. The summed E-state index contributed by atoms with van der Waals surface area (Å²) in [5.74, 6) is 0. The van der Waals surface area contributed by atoms with Gasteiger partial charge in [-0.15, -0.1) is 0 Å². The molecule has 0 saturated carbocycles. The lowest BCUT2D eigenvalue weighted by atomic mass is 10.2. The van der Waals surface area contributed by atoms with Gasteiger partial charge in [-0.1, -0.05) is 12.1 Å². The van der Waals surface area contributed by atoms with Crippen molar-refractivity contribution in [3.63, 3.8) is 0 Å². The van der Waals surface area contributed by atoms with Gasteiger partial charge in [0.1, 0.15) is 0 Å². The van der Waals surface area contributed by atoms with Gasteiger partial charge in [0.15, 0.2) is 11.0 Å². The first-order valence-electron chi connectivity index (χ1n) is 5.33. The van der Waals surface area contributed by atoms with E-state index in [4.69, 9.17) is 0 Å². The summed E-state index contributed by atoms with van der Waals surface area (Å²) in [6.45, 7) is 0. The molecule has 1 aromatic heterocycles. The van der Waals surface area contributed by atoms with E-state index in [1.165, 1.54) is 36.7 Å². The van der Waals surface area contributed by atoms with Gasteiger partial charge < -0.3 is 4.72 Å². The van der Waals surface area contributed by atoms with E-state index in [1.54, 1.807) is 0 Å². The van der Waals surface area contributed by atoms with Crippen LogP contribution in [0, 0.1) is 0 Å². The summed E-state index contributed by atoms with van der Waals surface area (Å²) >= 11 is 3.16. The number of aromatic nitrogens is 1. The average Bonchev–Trinajstić information content (AvgIpc) is 2.38. The zero-order valence-corrected chi connectivity index (χ0v) is 12.2. The molecule has 20 heavy (non-hydrogen) atoms. The largest absolute Gasteiger partial charge is 0.418 e. The van der Waals surface area contributed by atoms with Crippen molar-refractivity contribution in [1.29, 1.82) is 0 Å². The van der Waals surface area contributed by atoms with Crippen LogP contribution in [-0.2, 0) is 17.2 Å². The number of alkyl halides is 3. The highest BCUT2D eigenvalue weighted by Crippen LogP contribution is 2.35. The molecule has 106 valence electrons. The summed E-state index contributed by atoms with van der Waals surface area (Å²) in [6, 6.07) is 6.39. The van der Waals surface area contributed by atoms with Crippen molar-refractivity contribution < 1.29 is 17.4 Å². The van der Waals surface area contributed by atoms with Crippen LogP contribution in [-0.4, -0.2) is 9.19 Å². The van der Waals surface area contributed by atoms with Gasteiger partial charge in [-0.05, 0) is 34.1 Å². The van der Waals surface area contributed by atoms with Crippen molar-refractivity contribution in [2.75, 3.05) is 4.72 Å². The third-order valence-corrected chi connectivity index (χ3v) is 3.82. The van der Waals surface area contributed by atoms with Gasteiger partial charge in [0.25, 0.3) is 0 Å². The van der Waals surface area contributed by atoms with Crippen LogP contribution in [0.2, 0.25) is 0 Å². The Bertz CT molecular complexity index is 649. The standard InChI is InChI=1S/C12H8BrF3N2OS/c13-8-5-9(7-17-6-8)20(19)18-11-4-2-1-3-10(11)12(14,15)16/h1-7,18H. The quantitative estimate of drug-likeness (QED) is 0.894. The molecular weight excluding hydrogens is 357 g/mol. The van der Waals surface area contributed by atoms with E-state index in [9.17, 15) is 17.4 Å². The van der Waals surface area contributed by atoms with Gasteiger partial charge in [-0.3, -0.25) is 4.98 Å². The van der Waals surface area contributed by atoms with E-state index in [2.05, 4.69) is 25.6 Å². The van der Waals surface area contributed by atoms with Gasteiger partial charge in [-0.2, -0.15) is 13.2 Å². The van der Waals surface area contributed by atoms with E-state index < -0.39 is 22.7 Å². The predicted octanol–water partition coefficient (Wildman–Crippen LogP) is 4.00. The van der Waals surface area contributed by atoms with Crippen molar-refractivity contribution in [2.45, 2.75) is 11.1 Å². The summed E-state index contributed by atoms with van der Waals surface area (Å²) in [4.78, 5) is 4.09. The van der Waals surface area contributed by atoms with Crippen LogP contribution in [0.1, 0.15) is 5.56 Å². The summed E-state index contributed by atoms with van der Waals surface area (Å²) in [6.07, 6.45) is -1.70. The molecule has 1 atom stereocenters. The molecule has 1 N–H and O–H groups in total. The van der Waals surface area contributed by atoms with Crippen LogP contribution in [0.25, 0.3) is 0 Å². The second-order valence-corrected chi connectivity index (χ2v) is 5.88. The van der Waals surface area contributed by atoms with Crippen molar-refractivity contribution in [2.24, 2.45) is 0 Å². The van der Waals surface area contributed by atoms with Crippen LogP contribution in [0.15, 0.2) is 52.1 Å². The maximum absolute atomic E-state index is 12.8. The minimum Gasteiger partial charge on any atom is -0.300 e. The number of rotatable bonds is 3. The Labute approximate surface area is 123 Å². The Balaban J connectivity index is 2.29. The molecule has 0 aliphatic carbocycles. The molecule has 3 nitrogen and oxygen atoms in total. The highest BCUT2D eigenvalue weighted by molar-refractivity contribution is 9.10. The van der Waals surface area contributed by atoms with Gasteiger partial charge >= 0.3 is 6.18 Å². The number of nitrogens with one attached hydrogen (secondary N) is 1. The molecule has 1 unspecified atom stereocenters. The molecule has 0 aliphatic heterocycles. The van der Waals surface area contributed by atoms with E-state index >= 15 is 0 Å². The number of halogens is 4. The molecule has 0 amide bonds. The maximum atomic E-state index is 12.8.